The average molecular weight is 267 g/mol. The fraction of sp³-hybridized carbons (Fsp3) is 0.733. The lowest BCUT2D eigenvalue weighted by molar-refractivity contribution is 0.0985. The van der Waals surface area contributed by atoms with Crippen molar-refractivity contribution in [2.24, 2.45) is 5.92 Å². The molecule has 0 amide bonds. The van der Waals surface area contributed by atoms with E-state index in [0.717, 1.165) is 31.7 Å². The van der Waals surface area contributed by atoms with E-state index in [0.29, 0.717) is 0 Å². The van der Waals surface area contributed by atoms with Gasteiger partial charge >= 0.3 is 0 Å². The number of aliphatic hydroxyl groups is 1. The van der Waals surface area contributed by atoms with Gasteiger partial charge in [0.2, 0.25) is 0 Å². The summed E-state index contributed by atoms with van der Waals surface area (Å²) in [6, 6.07) is 4.44. The predicted molar refractivity (Wildman–Crippen MR) is 78.0 cm³/mol. The highest BCUT2D eigenvalue weighted by atomic mass is 32.1. The minimum Gasteiger partial charge on any atom is -0.394 e. The maximum atomic E-state index is 9.73. The highest BCUT2D eigenvalue weighted by molar-refractivity contribution is 7.11. The van der Waals surface area contributed by atoms with E-state index in [1.54, 1.807) is 0 Å². The lowest BCUT2D eigenvalue weighted by atomic mass is 9.77. The lowest BCUT2D eigenvalue weighted by Crippen LogP contribution is -2.50. The van der Waals surface area contributed by atoms with Crippen LogP contribution in [0.2, 0.25) is 0 Å². The molecule has 2 atom stereocenters. The van der Waals surface area contributed by atoms with Gasteiger partial charge in [-0.05, 0) is 37.3 Å². The number of hydrogen-bond acceptors (Lipinski definition) is 3. The number of rotatable bonds is 5. The molecule has 0 spiro atoms. The van der Waals surface area contributed by atoms with E-state index in [2.05, 4.69) is 31.3 Å². The summed E-state index contributed by atoms with van der Waals surface area (Å²) in [6.07, 6.45) is 5.88. The van der Waals surface area contributed by atoms with Crippen molar-refractivity contribution >= 4 is 11.3 Å². The van der Waals surface area contributed by atoms with Crippen LogP contribution in [-0.2, 0) is 13.0 Å². The summed E-state index contributed by atoms with van der Waals surface area (Å²) in [5.41, 5.74) is -0.0337. The number of thiophene rings is 1. The Labute approximate surface area is 114 Å². The van der Waals surface area contributed by atoms with Crippen LogP contribution in [0.3, 0.4) is 0 Å². The molecular formula is C15H25NOS. The molecule has 1 aliphatic rings. The molecule has 0 saturated heterocycles. The Balaban J connectivity index is 1.93. The Kier molecular flexibility index (Phi) is 4.82. The van der Waals surface area contributed by atoms with Gasteiger partial charge in [0.25, 0.3) is 0 Å². The van der Waals surface area contributed by atoms with Crippen molar-refractivity contribution < 1.29 is 5.11 Å². The van der Waals surface area contributed by atoms with Crippen LogP contribution in [0, 0.1) is 5.92 Å². The third-order valence-corrected chi connectivity index (χ3v) is 5.33. The summed E-state index contributed by atoms with van der Waals surface area (Å²) in [4.78, 5) is 2.83. The first-order valence-corrected chi connectivity index (χ1v) is 7.92. The van der Waals surface area contributed by atoms with Crippen molar-refractivity contribution in [1.29, 1.82) is 0 Å². The topological polar surface area (TPSA) is 32.3 Å². The molecule has 18 heavy (non-hydrogen) atoms. The van der Waals surface area contributed by atoms with E-state index < -0.39 is 0 Å². The molecule has 1 aliphatic carbocycles. The second-order valence-electron chi connectivity index (χ2n) is 5.72. The van der Waals surface area contributed by atoms with Gasteiger partial charge in [-0.15, -0.1) is 11.3 Å². The van der Waals surface area contributed by atoms with Crippen LogP contribution in [0.4, 0.5) is 0 Å². The maximum absolute atomic E-state index is 9.73. The van der Waals surface area contributed by atoms with Gasteiger partial charge in [-0.25, -0.2) is 0 Å². The summed E-state index contributed by atoms with van der Waals surface area (Å²) in [7, 11) is 0. The quantitative estimate of drug-likeness (QED) is 0.857. The first kappa shape index (κ1) is 14.0. The third kappa shape index (κ3) is 3.34. The van der Waals surface area contributed by atoms with Crippen LogP contribution in [-0.4, -0.2) is 17.3 Å². The molecule has 2 rings (SSSR count). The van der Waals surface area contributed by atoms with Crippen molar-refractivity contribution in [2.45, 2.75) is 58.0 Å². The van der Waals surface area contributed by atoms with E-state index >= 15 is 0 Å². The van der Waals surface area contributed by atoms with Crippen molar-refractivity contribution in [1.82, 2.24) is 5.32 Å². The first-order chi connectivity index (χ1) is 8.67. The van der Waals surface area contributed by atoms with E-state index in [4.69, 9.17) is 0 Å². The van der Waals surface area contributed by atoms with Gasteiger partial charge in [0.1, 0.15) is 0 Å². The zero-order valence-electron chi connectivity index (χ0n) is 11.5. The van der Waals surface area contributed by atoms with E-state index in [1.165, 1.54) is 22.6 Å². The maximum Gasteiger partial charge on any atom is 0.0613 e. The largest absolute Gasteiger partial charge is 0.394 e. The number of aliphatic hydroxyl groups excluding tert-OH is 1. The second kappa shape index (κ2) is 6.18. The normalized spacial score (nSPS) is 28.5. The molecule has 1 heterocycles. The average Bonchev–Trinajstić information content (AvgIpc) is 2.84. The van der Waals surface area contributed by atoms with Crippen molar-refractivity contribution in [3.63, 3.8) is 0 Å². The van der Waals surface area contributed by atoms with Gasteiger partial charge in [0.05, 0.1) is 6.61 Å². The molecular weight excluding hydrogens is 242 g/mol. The smallest absolute Gasteiger partial charge is 0.0613 e. The molecule has 2 N–H and O–H groups in total. The van der Waals surface area contributed by atoms with Gasteiger partial charge in [0.15, 0.2) is 0 Å². The zero-order chi connectivity index (χ0) is 13.0. The SMILES string of the molecule is CCc1ccc(CNC2(CO)CCCC(C)C2)s1. The molecule has 3 heteroatoms. The number of nitrogens with one attached hydrogen (secondary N) is 1. The Hall–Kier alpha value is -0.380. The summed E-state index contributed by atoms with van der Waals surface area (Å²) < 4.78 is 0. The molecule has 0 aliphatic heterocycles. The van der Waals surface area contributed by atoms with Crippen LogP contribution in [0.15, 0.2) is 12.1 Å². The molecule has 1 aromatic heterocycles. The van der Waals surface area contributed by atoms with E-state index in [-0.39, 0.29) is 12.1 Å². The number of aryl methyl sites for hydroxylation is 1. The Morgan fingerprint density at radius 1 is 1.44 bits per heavy atom. The zero-order valence-corrected chi connectivity index (χ0v) is 12.4. The standard InChI is InChI=1S/C15H25NOS/c1-3-13-6-7-14(18-13)10-16-15(11-17)8-4-5-12(2)9-15/h6-7,12,16-17H,3-5,8-11H2,1-2H3. The van der Waals surface area contributed by atoms with Crippen LogP contribution < -0.4 is 5.32 Å². The monoisotopic (exact) mass is 267 g/mol. The second-order valence-corrected chi connectivity index (χ2v) is 6.97. The summed E-state index contributed by atoms with van der Waals surface area (Å²) in [5, 5.41) is 13.4. The fourth-order valence-corrected chi connectivity index (χ4v) is 3.90. The van der Waals surface area contributed by atoms with Crippen molar-refractivity contribution in [3.05, 3.63) is 21.9 Å². The van der Waals surface area contributed by atoms with Gasteiger partial charge in [-0.3, -0.25) is 0 Å². The summed E-state index contributed by atoms with van der Waals surface area (Å²) in [6.45, 7) is 5.66. The minimum atomic E-state index is -0.0337. The Morgan fingerprint density at radius 3 is 2.83 bits per heavy atom. The van der Waals surface area contributed by atoms with Crippen LogP contribution in [0.1, 0.15) is 49.3 Å². The molecule has 0 bridgehead atoms. The highest BCUT2D eigenvalue weighted by Gasteiger charge is 2.33. The minimum absolute atomic E-state index is 0.0337. The molecule has 1 saturated carbocycles. The Morgan fingerprint density at radius 2 is 2.22 bits per heavy atom. The highest BCUT2D eigenvalue weighted by Crippen LogP contribution is 2.32. The molecule has 2 unspecified atom stereocenters. The molecule has 1 aromatic rings. The van der Waals surface area contributed by atoms with Gasteiger partial charge in [-0.1, -0.05) is 26.7 Å². The molecule has 2 nitrogen and oxygen atoms in total. The lowest BCUT2D eigenvalue weighted by Gasteiger charge is -2.39. The van der Waals surface area contributed by atoms with Crippen LogP contribution >= 0.6 is 11.3 Å². The van der Waals surface area contributed by atoms with Crippen molar-refractivity contribution in [2.75, 3.05) is 6.61 Å². The number of hydrogen-bond donors (Lipinski definition) is 2. The van der Waals surface area contributed by atoms with Gasteiger partial charge in [0, 0.05) is 21.8 Å². The first-order valence-electron chi connectivity index (χ1n) is 7.11. The predicted octanol–water partition coefficient (Wildman–Crippen LogP) is 3.34. The van der Waals surface area contributed by atoms with Gasteiger partial charge in [-0.2, -0.15) is 0 Å². The fourth-order valence-electron chi connectivity index (χ4n) is 3.00. The van der Waals surface area contributed by atoms with E-state index in [1.807, 2.05) is 11.3 Å². The van der Waals surface area contributed by atoms with Crippen LogP contribution in [0.5, 0.6) is 0 Å². The summed E-state index contributed by atoms with van der Waals surface area (Å²) >= 11 is 1.89. The molecule has 0 radical (unpaired) electrons. The summed E-state index contributed by atoms with van der Waals surface area (Å²) in [5.74, 6) is 0.730. The molecule has 1 fully saturated rings. The molecule has 0 aromatic carbocycles. The van der Waals surface area contributed by atoms with Crippen molar-refractivity contribution in [3.8, 4) is 0 Å². The van der Waals surface area contributed by atoms with E-state index in [9.17, 15) is 5.11 Å². The third-order valence-electron chi connectivity index (χ3n) is 4.10. The molecule has 102 valence electrons. The van der Waals surface area contributed by atoms with Gasteiger partial charge < -0.3 is 10.4 Å². The Bertz CT molecular complexity index is 376. The van der Waals surface area contributed by atoms with Crippen LogP contribution in [0.25, 0.3) is 0 Å².